The van der Waals surface area contributed by atoms with Gasteiger partial charge in [-0.05, 0) is 37.1 Å². The molecule has 3 atom stereocenters. The number of methoxy groups -OCH3 is 1. The number of amides is 3. The Morgan fingerprint density at radius 3 is 2.27 bits per heavy atom. The standard InChI is InChI=1S/C23H29N5O5/c1-14(29)18(11-15-7-9-26-10-8-15)28-23(32)19(13-21(25)30)27-22(31)12-17(24)16-5-3-4-6-20(16)33-2/h3-10,17-19H,11-13,24H2,1-2H3,(H2,25,30)(H,27,31)(H,28,32)/t17-,18?,19-/m0/s1. The van der Waals surface area contributed by atoms with E-state index in [0.717, 1.165) is 5.56 Å². The molecule has 33 heavy (non-hydrogen) atoms. The van der Waals surface area contributed by atoms with Gasteiger partial charge in [0.05, 0.1) is 19.6 Å². The Kier molecular flexibility index (Phi) is 9.49. The van der Waals surface area contributed by atoms with Crippen LogP contribution in [0, 0.1) is 0 Å². The van der Waals surface area contributed by atoms with Gasteiger partial charge in [-0.15, -0.1) is 0 Å². The van der Waals surface area contributed by atoms with Crippen LogP contribution in [0.4, 0.5) is 0 Å². The SMILES string of the molecule is COc1ccccc1[C@@H](N)CC(=O)N[C@@H](CC(N)=O)C(=O)NC(Cc1ccncc1)C(C)=O. The highest BCUT2D eigenvalue weighted by Crippen LogP contribution is 2.25. The number of Topliss-reactive ketones (excluding diaryl/α,β-unsaturated/α-hetero) is 1. The van der Waals surface area contributed by atoms with Gasteiger partial charge < -0.3 is 26.8 Å². The van der Waals surface area contributed by atoms with Crippen LogP contribution < -0.4 is 26.8 Å². The highest BCUT2D eigenvalue weighted by atomic mass is 16.5. The summed E-state index contributed by atoms with van der Waals surface area (Å²) < 4.78 is 5.26. The Morgan fingerprint density at radius 1 is 1.00 bits per heavy atom. The van der Waals surface area contributed by atoms with E-state index in [9.17, 15) is 19.2 Å². The van der Waals surface area contributed by atoms with Crippen molar-refractivity contribution in [3.05, 3.63) is 59.9 Å². The smallest absolute Gasteiger partial charge is 0.243 e. The molecule has 0 aliphatic heterocycles. The number of ketones is 1. The van der Waals surface area contributed by atoms with Gasteiger partial charge in [-0.1, -0.05) is 18.2 Å². The summed E-state index contributed by atoms with van der Waals surface area (Å²) in [6.07, 6.45) is 2.81. The minimum atomic E-state index is -1.25. The number of nitrogens with zero attached hydrogens (tertiary/aromatic N) is 1. The normalized spacial score (nSPS) is 13.3. The predicted octanol–water partition coefficient (Wildman–Crippen LogP) is 0.157. The molecular weight excluding hydrogens is 426 g/mol. The van der Waals surface area contributed by atoms with Gasteiger partial charge >= 0.3 is 0 Å². The molecule has 0 aliphatic carbocycles. The van der Waals surface area contributed by atoms with Crippen LogP contribution in [0.1, 0.15) is 36.9 Å². The second-order valence-corrected chi connectivity index (χ2v) is 7.57. The molecule has 2 aromatic rings. The minimum Gasteiger partial charge on any atom is -0.496 e. The lowest BCUT2D eigenvalue weighted by Crippen LogP contribution is -2.53. The molecule has 2 rings (SSSR count). The molecule has 0 saturated carbocycles. The van der Waals surface area contributed by atoms with Crippen molar-refractivity contribution in [2.75, 3.05) is 7.11 Å². The molecule has 0 aliphatic rings. The van der Waals surface area contributed by atoms with Crippen molar-refractivity contribution in [3.63, 3.8) is 0 Å². The molecule has 0 fully saturated rings. The maximum atomic E-state index is 12.8. The van der Waals surface area contributed by atoms with E-state index in [-0.39, 0.29) is 18.6 Å². The van der Waals surface area contributed by atoms with Crippen molar-refractivity contribution in [2.24, 2.45) is 11.5 Å². The number of para-hydroxylation sites is 1. The zero-order valence-electron chi connectivity index (χ0n) is 18.6. The quantitative estimate of drug-likeness (QED) is 0.353. The van der Waals surface area contributed by atoms with Crippen LogP contribution in [0.25, 0.3) is 0 Å². The van der Waals surface area contributed by atoms with E-state index in [2.05, 4.69) is 15.6 Å². The van der Waals surface area contributed by atoms with Gasteiger partial charge in [-0.25, -0.2) is 0 Å². The van der Waals surface area contributed by atoms with Gasteiger partial charge in [-0.2, -0.15) is 0 Å². The van der Waals surface area contributed by atoms with Crippen LogP contribution in [0.3, 0.4) is 0 Å². The third kappa shape index (κ3) is 8.00. The molecule has 1 aromatic heterocycles. The molecule has 1 heterocycles. The molecule has 6 N–H and O–H groups in total. The Balaban J connectivity index is 2.07. The first-order chi connectivity index (χ1) is 15.7. The van der Waals surface area contributed by atoms with E-state index in [1.54, 1.807) is 48.8 Å². The Bertz CT molecular complexity index is 982. The second-order valence-electron chi connectivity index (χ2n) is 7.57. The number of carbonyl (C=O) groups is 4. The van der Waals surface area contributed by atoms with Gasteiger partial charge in [0.25, 0.3) is 0 Å². The summed E-state index contributed by atoms with van der Waals surface area (Å²) in [5, 5.41) is 5.10. The maximum absolute atomic E-state index is 12.8. The van der Waals surface area contributed by atoms with Gasteiger partial charge in [0, 0.05) is 30.4 Å². The number of benzene rings is 1. The number of hydrogen-bond acceptors (Lipinski definition) is 7. The number of ether oxygens (including phenoxy) is 1. The second kappa shape index (κ2) is 12.3. The van der Waals surface area contributed by atoms with E-state index in [1.807, 2.05) is 0 Å². The van der Waals surface area contributed by atoms with Crippen molar-refractivity contribution in [3.8, 4) is 5.75 Å². The first-order valence-electron chi connectivity index (χ1n) is 10.4. The Morgan fingerprint density at radius 2 is 1.67 bits per heavy atom. The summed E-state index contributed by atoms with van der Waals surface area (Å²) in [6.45, 7) is 1.35. The lowest BCUT2D eigenvalue weighted by atomic mass is 10.0. The molecule has 1 unspecified atom stereocenters. The van der Waals surface area contributed by atoms with Crippen LogP contribution >= 0.6 is 0 Å². The molecular formula is C23H29N5O5. The lowest BCUT2D eigenvalue weighted by molar-refractivity contribution is -0.132. The third-order valence-electron chi connectivity index (χ3n) is 5.00. The van der Waals surface area contributed by atoms with Crippen molar-refractivity contribution in [1.82, 2.24) is 15.6 Å². The van der Waals surface area contributed by atoms with Crippen LogP contribution in [-0.4, -0.2) is 47.7 Å². The van der Waals surface area contributed by atoms with Crippen LogP contribution in [-0.2, 0) is 25.6 Å². The van der Waals surface area contributed by atoms with Gasteiger partial charge in [0.1, 0.15) is 11.8 Å². The van der Waals surface area contributed by atoms with Gasteiger partial charge in [0.15, 0.2) is 5.78 Å². The van der Waals surface area contributed by atoms with E-state index < -0.39 is 42.3 Å². The average Bonchev–Trinajstić information content (AvgIpc) is 2.78. The van der Waals surface area contributed by atoms with E-state index in [0.29, 0.717) is 11.3 Å². The van der Waals surface area contributed by atoms with Gasteiger partial charge in [-0.3, -0.25) is 24.2 Å². The molecule has 0 saturated heterocycles. The van der Waals surface area contributed by atoms with Crippen LogP contribution in [0.5, 0.6) is 5.75 Å². The number of rotatable bonds is 12. The number of hydrogen-bond donors (Lipinski definition) is 4. The molecule has 0 spiro atoms. The van der Waals surface area contributed by atoms with E-state index in [4.69, 9.17) is 16.2 Å². The molecule has 10 nitrogen and oxygen atoms in total. The van der Waals surface area contributed by atoms with Crippen molar-refractivity contribution in [2.45, 2.75) is 44.3 Å². The summed E-state index contributed by atoms with van der Waals surface area (Å²) in [7, 11) is 1.50. The first kappa shape index (κ1) is 25.5. The van der Waals surface area contributed by atoms with Crippen molar-refractivity contribution >= 4 is 23.5 Å². The number of carbonyl (C=O) groups excluding carboxylic acids is 4. The van der Waals surface area contributed by atoms with E-state index in [1.165, 1.54) is 14.0 Å². The number of nitrogens with one attached hydrogen (secondary N) is 2. The number of aromatic nitrogens is 1. The predicted molar refractivity (Wildman–Crippen MR) is 121 cm³/mol. The molecule has 1 aromatic carbocycles. The number of pyridine rings is 1. The fourth-order valence-corrected chi connectivity index (χ4v) is 3.27. The summed E-state index contributed by atoms with van der Waals surface area (Å²) in [4.78, 5) is 52.9. The van der Waals surface area contributed by atoms with E-state index >= 15 is 0 Å². The zero-order chi connectivity index (χ0) is 24.4. The number of primary amides is 1. The van der Waals surface area contributed by atoms with Crippen molar-refractivity contribution < 1.29 is 23.9 Å². The summed E-state index contributed by atoms with van der Waals surface area (Å²) in [5.74, 6) is -1.77. The largest absolute Gasteiger partial charge is 0.496 e. The molecule has 0 bridgehead atoms. The van der Waals surface area contributed by atoms with Crippen LogP contribution in [0.2, 0.25) is 0 Å². The lowest BCUT2D eigenvalue weighted by Gasteiger charge is -2.22. The van der Waals surface area contributed by atoms with Crippen LogP contribution in [0.15, 0.2) is 48.8 Å². The van der Waals surface area contributed by atoms with Crippen molar-refractivity contribution in [1.29, 1.82) is 0 Å². The summed E-state index contributed by atoms with van der Waals surface area (Å²) in [5.41, 5.74) is 12.8. The Hall–Kier alpha value is -3.79. The topological polar surface area (TPSA) is 166 Å². The monoisotopic (exact) mass is 455 g/mol. The maximum Gasteiger partial charge on any atom is 0.243 e. The fraction of sp³-hybridized carbons (Fsp3) is 0.348. The first-order valence-corrected chi connectivity index (χ1v) is 10.4. The molecule has 3 amide bonds. The average molecular weight is 456 g/mol. The summed E-state index contributed by atoms with van der Waals surface area (Å²) >= 11 is 0. The minimum absolute atomic E-state index is 0.157. The number of nitrogens with two attached hydrogens (primary N) is 2. The summed E-state index contributed by atoms with van der Waals surface area (Å²) in [6, 6.07) is 7.66. The molecule has 10 heteroatoms. The highest BCUT2D eigenvalue weighted by Gasteiger charge is 2.27. The molecule has 0 radical (unpaired) electrons. The Labute approximate surface area is 192 Å². The zero-order valence-corrected chi connectivity index (χ0v) is 18.6. The molecule has 176 valence electrons. The highest BCUT2D eigenvalue weighted by molar-refractivity contribution is 5.94. The van der Waals surface area contributed by atoms with Gasteiger partial charge in [0.2, 0.25) is 17.7 Å². The fourth-order valence-electron chi connectivity index (χ4n) is 3.27. The third-order valence-corrected chi connectivity index (χ3v) is 5.00.